The number of thiazole rings is 1. The van der Waals surface area contributed by atoms with E-state index in [-0.39, 0.29) is 18.2 Å². The molecule has 2 aromatic rings. The Morgan fingerprint density at radius 3 is 2.76 bits per heavy atom. The Hall–Kier alpha value is -1.28. The minimum Gasteiger partial charge on any atom is -0.452 e. The van der Waals surface area contributed by atoms with E-state index < -0.39 is 0 Å². The minimum atomic E-state index is -0.304. The number of thiophene rings is 1. The number of carbonyl (C=O) groups excluding carboxylic acids is 1. The Bertz CT molecular complexity index is 668. The third-order valence-electron chi connectivity index (χ3n) is 3.71. The number of rotatable bonds is 9. The molecule has 2 heterocycles. The lowest BCUT2D eigenvalue weighted by molar-refractivity contribution is 0.0275. The van der Waals surface area contributed by atoms with Gasteiger partial charge in [0.05, 0.1) is 5.69 Å². The van der Waals surface area contributed by atoms with E-state index in [1.807, 2.05) is 52.4 Å². The molecule has 0 saturated heterocycles. The predicted octanol–water partition coefficient (Wildman–Crippen LogP) is 4.46. The van der Waals surface area contributed by atoms with Crippen molar-refractivity contribution in [2.24, 2.45) is 0 Å². The second-order valence-electron chi connectivity index (χ2n) is 6.07. The lowest BCUT2D eigenvalue weighted by atomic mass is 10.2. The molecule has 0 aliphatic carbocycles. The SMILES string of the molecule is CCOC(C)c1nc(C)c(C(=O)O[C@@H](CCN(C)C)c2cccs2)s1. The summed E-state index contributed by atoms with van der Waals surface area (Å²) in [4.78, 5) is 20.9. The van der Waals surface area contributed by atoms with E-state index in [9.17, 15) is 4.79 Å². The van der Waals surface area contributed by atoms with Crippen LogP contribution in [0.25, 0.3) is 0 Å². The number of hydrogen-bond donors (Lipinski definition) is 0. The van der Waals surface area contributed by atoms with E-state index in [2.05, 4.69) is 9.88 Å². The molecule has 1 unspecified atom stereocenters. The van der Waals surface area contributed by atoms with Gasteiger partial charge in [-0.15, -0.1) is 22.7 Å². The molecule has 2 rings (SSSR count). The molecule has 0 aromatic carbocycles. The first kappa shape index (κ1) is 20.0. The molecule has 7 heteroatoms. The highest BCUT2D eigenvalue weighted by molar-refractivity contribution is 7.13. The Balaban J connectivity index is 2.12. The zero-order valence-electron chi connectivity index (χ0n) is 15.4. The highest BCUT2D eigenvalue weighted by atomic mass is 32.1. The summed E-state index contributed by atoms with van der Waals surface area (Å²) in [6.07, 6.45) is 0.417. The van der Waals surface area contributed by atoms with E-state index in [1.165, 1.54) is 11.3 Å². The van der Waals surface area contributed by atoms with Crippen molar-refractivity contribution in [1.82, 2.24) is 9.88 Å². The summed E-state index contributed by atoms with van der Waals surface area (Å²) in [6, 6.07) is 4.00. The Morgan fingerprint density at radius 1 is 1.40 bits per heavy atom. The molecular formula is C18H26N2O3S2. The number of aryl methyl sites for hydroxylation is 1. The lowest BCUT2D eigenvalue weighted by Gasteiger charge is -2.18. The largest absolute Gasteiger partial charge is 0.452 e. The Morgan fingerprint density at radius 2 is 2.16 bits per heavy atom. The fourth-order valence-corrected chi connectivity index (χ4v) is 4.13. The normalized spacial score (nSPS) is 13.8. The highest BCUT2D eigenvalue weighted by Gasteiger charge is 2.24. The van der Waals surface area contributed by atoms with Gasteiger partial charge in [0.25, 0.3) is 0 Å². The van der Waals surface area contributed by atoms with Crippen molar-refractivity contribution in [2.75, 3.05) is 27.2 Å². The number of hydrogen-bond acceptors (Lipinski definition) is 7. The molecule has 5 nitrogen and oxygen atoms in total. The zero-order valence-corrected chi connectivity index (χ0v) is 17.1. The zero-order chi connectivity index (χ0) is 18.4. The minimum absolute atomic E-state index is 0.114. The summed E-state index contributed by atoms with van der Waals surface area (Å²) in [7, 11) is 4.03. The van der Waals surface area contributed by atoms with Crippen molar-refractivity contribution < 1.29 is 14.3 Å². The number of ether oxygens (including phenoxy) is 2. The molecule has 0 amide bonds. The van der Waals surface area contributed by atoms with Crippen molar-refractivity contribution in [3.8, 4) is 0 Å². The molecule has 0 radical (unpaired) electrons. The van der Waals surface area contributed by atoms with Crippen LogP contribution in [0.15, 0.2) is 17.5 Å². The van der Waals surface area contributed by atoms with Crippen molar-refractivity contribution >= 4 is 28.6 Å². The van der Waals surface area contributed by atoms with Gasteiger partial charge in [0.15, 0.2) is 0 Å². The van der Waals surface area contributed by atoms with Crippen LogP contribution in [0.1, 0.15) is 57.7 Å². The summed E-state index contributed by atoms with van der Waals surface area (Å²) in [5, 5.41) is 2.82. The van der Waals surface area contributed by atoms with Crippen molar-refractivity contribution in [2.45, 2.75) is 39.4 Å². The van der Waals surface area contributed by atoms with Crippen molar-refractivity contribution in [3.63, 3.8) is 0 Å². The monoisotopic (exact) mass is 382 g/mol. The van der Waals surface area contributed by atoms with Crippen LogP contribution in [0, 0.1) is 6.92 Å². The smallest absolute Gasteiger partial charge is 0.350 e. The van der Waals surface area contributed by atoms with Gasteiger partial charge >= 0.3 is 5.97 Å². The third kappa shape index (κ3) is 5.60. The van der Waals surface area contributed by atoms with Crippen LogP contribution in [0.3, 0.4) is 0 Å². The maximum absolute atomic E-state index is 12.7. The first-order valence-electron chi connectivity index (χ1n) is 8.40. The van der Waals surface area contributed by atoms with Gasteiger partial charge in [-0.1, -0.05) is 6.07 Å². The molecule has 138 valence electrons. The molecule has 0 spiro atoms. The fourth-order valence-electron chi connectivity index (χ4n) is 2.39. The van der Waals surface area contributed by atoms with Gasteiger partial charge in [0, 0.05) is 24.4 Å². The van der Waals surface area contributed by atoms with Crippen LogP contribution < -0.4 is 0 Å². The first-order valence-corrected chi connectivity index (χ1v) is 10.1. The van der Waals surface area contributed by atoms with E-state index >= 15 is 0 Å². The molecule has 0 aliphatic heterocycles. The lowest BCUT2D eigenvalue weighted by Crippen LogP contribution is -2.19. The van der Waals surface area contributed by atoms with Gasteiger partial charge in [0.1, 0.15) is 22.1 Å². The second-order valence-corrected chi connectivity index (χ2v) is 8.08. The van der Waals surface area contributed by atoms with Crippen LogP contribution in [0.5, 0.6) is 0 Å². The van der Waals surface area contributed by atoms with E-state index in [4.69, 9.17) is 9.47 Å². The molecule has 0 bridgehead atoms. The van der Waals surface area contributed by atoms with E-state index in [0.717, 1.165) is 22.9 Å². The van der Waals surface area contributed by atoms with Crippen molar-refractivity contribution in [1.29, 1.82) is 0 Å². The Labute approximate surface area is 157 Å². The van der Waals surface area contributed by atoms with Gasteiger partial charge in [-0.2, -0.15) is 0 Å². The van der Waals surface area contributed by atoms with Crippen LogP contribution in [-0.4, -0.2) is 43.1 Å². The van der Waals surface area contributed by atoms with Gasteiger partial charge in [-0.05, 0) is 46.3 Å². The van der Waals surface area contributed by atoms with Crippen LogP contribution >= 0.6 is 22.7 Å². The maximum Gasteiger partial charge on any atom is 0.350 e. The van der Waals surface area contributed by atoms with Gasteiger partial charge in [-0.25, -0.2) is 9.78 Å². The molecule has 0 aliphatic rings. The topological polar surface area (TPSA) is 51.7 Å². The highest BCUT2D eigenvalue weighted by Crippen LogP contribution is 2.30. The van der Waals surface area contributed by atoms with E-state index in [1.54, 1.807) is 11.3 Å². The van der Waals surface area contributed by atoms with Crippen LogP contribution in [0.4, 0.5) is 0 Å². The molecule has 0 fully saturated rings. The summed E-state index contributed by atoms with van der Waals surface area (Å²) in [5.74, 6) is -0.304. The van der Waals surface area contributed by atoms with Gasteiger partial charge < -0.3 is 14.4 Å². The second kappa shape index (κ2) is 9.43. The van der Waals surface area contributed by atoms with Gasteiger partial charge in [-0.3, -0.25) is 0 Å². The molecular weight excluding hydrogens is 356 g/mol. The maximum atomic E-state index is 12.7. The first-order chi connectivity index (χ1) is 11.9. The van der Waals surface area contributed by atoms with Gasteiger partial charge in [0.2, 0.25) is 0 Å². The van der Waals surface area contributed by atoms with Crippen molar-refractivity contribution in [3.05, 3.63) is 38.0 Å². The average Bonchev–Trinajstić information content (AvgIpc) is 3.21. The molecule has 2 atom stereocenters. The average molecular weight is 383 g/mol. The number of esters is 1. The summed E-state index contributed by atoms with van der Waals surface area (Å²) in [6.45, 7) is 7.20. The fraction of sp³-hybridized carbons (Fsp3) is 0.556. The standard InChI is InChI=1S/C18H26N2O3S2/c1-6-22-13(3)17-19-12(2)16(25-17)18(21)23-14(9-10-20(4)5)15-8-7-11-24-15/h7-8,11,13-14H,6,9-10H2,1-5H3/t13?,14-/m0/s1. The summed E-state index contributed by atoms with van der Waals surface area (Å²) >= 11 is 2.97. The third-order valence-corrected chi connectivity index (χ3v) is 5.97. The summed E-state index contributed by atoms with van der Waals surface area (Å²) in [5.41, 5.74) is 0.703. The van der Waals surface area contributed by atoms with Crippen LogP contribution in [0.2, 0.25) is 0 Å². The molecule has 2 aromatic heterocycles. The molecule has 0 saturated carbocycles. The molecule has 0 N–H and O–H groups in total. The number of carbonyl (C=O) groups is 1. The molecule has 25 heavy (non-hydrogen) atoms. The summed E-state index contributed by atoms with van der Waals surface area (Å²) < 4.78 is 11.4. The Kier molecular flexibility index (Phi) is 7.56. The van der Waals surface area contributed by atoms with Crippen LogP contribution in [-0.2, 0) is 9.47 Å². The number of aromatic nitrogens is 1. The van der Waals surface area contributed by atoms with E-state index in [0.29, 0.717) is 17.2 Å². The predicted molar refractivity (Wildman–Crippen MR) is 103 cm³/mol. The quantitative estimate of drug-likeness (QED) is 0.599. The number of nitrogens with zero attached hydrogens (tertiary/aromatic N) is 2.